The normalized spacial score (nSPS) is 11.4. The Morgan fingerprint density at radius 2 is 1.87 bits per heavy atom. The van der Waals surface area contributed by atoms with Crippen molar-refractivity contribution in [2.24, 2.45) is 5.92 Å². The molecule has 2 aromatic rings. The molecule has 124 valence electrons. The van der Waals surface area contributed by atoms with Crippen molar-refractivity contribution in [2.75, 3.05) is 11.3 Å². The standard InChI is InChI=1S/C16H20N2O3S2/c1-12(2)11-17-15(19)10-13-5-7-14(8-6-13)18-23(20,21)16-4-3-9-22-16/h3-9,12,18H,10-11H2,1-2H3,(H,17,19). The lowest BCUT2D eigenvalue weighted by Gasteiger charge is -2.09. The zero-order valence-electron chi connectivity index (χ0n) is 13.1. The van der Waals surface area contributed by atoms with E-state index in [1.807, 2.05) is 13.8 Å². The van der Waals surface area contributed by atoms with Crippen LogP contribution >= 0.6 is 11.3 Å². The van der Waals surface area contributed by atoms with E-state index in [-0.39, 0.29) is 16.5 Å². The highest BCUT2D eigenvalue weighted by Gasteiger charge is 2.15. The minimum atomic E-state index is -3.53. The smallest absolute Gasteiger partial charge is 0.271 e. The van der Waals surface area contributed by atoms with Gasteiger partial charge in [-0.3, -0.25) is 9.52 Å². The van der Waals surface area contributed by atoms with Gasteiger partial charge in [-0.1, -0.05) is 32.0 Å². The second-order valence-corrected chi connectivity index (χ2v) is 8.47. The van der Waals surface area contributed by atoms with E-state index in [2.05, 4.69) is 10.0 Å². The summed E-state index contributed by atoms with van der Waals surface area (Å²) in [5, 5.41) is 4.57. The van der Waals surface area contributed by atoms with Crippen LogP contribution in [0.5, 0.6) is 0 Å². The van der Waals surface area contributed by atoms with Crippen molar-refractivity contribution in [3.05, 3.63) is 47.3 Å². The highest BCUT2D eigenvalue weighted by atomic mass is 32.2. The van der Waals surface area contributed by atoms with Gasteiger partial charge >= 0.3 is 0 Å². The summed E-state index contributed by atoms with van der Waals surface area (Å²) in [6.45, 7) is 4.72. The Balaban J connectivity index is 1.96. The van der Waals surface area contributed by atoms with Crippen LogP contribution in [-0.4, -0.2) is 20.9 Å². The van der Waals surface area contributed by atoms with Gasteiger partial charge in [0.1, 0.15) is 4.21 Å². The molecule has 1 aromatic heterocycles. The fourth-order valence-electron chi connectivity index (χ4n) is 1.88. The Hall–Kier alpha value is -1.86. The SMILES string of the molecule is CC(C)CNC(=O)Cc1ccc(NS(=O)(=O)c2cccs2)cc1. The van der Waals surface area contributed by atoms with Crippen molar-refractivity contribution in [2.45, 2.75) is 24.5 Å². The molecule has 1 heterocycles. The van der Waals surface area contributed by atoms with E-state index in [0.717, 1.165) is 5.56 Å². The predicted molar refractivity (Wildman–Crippen MR) is 93.1 cm³/mol. The molecule has 0 unspecified atom stereocenters. The van der Waals surface area contributed by atoms with Crippen LogP contribution in [0.4, 0.5) is 5.69 Å². The summed E-state index contributed by atoms with van der Waals surface area (Å²) >= 11 is 1.17. The second-order valence-electron chi connectivity index (χ2n) is 5.61. The lowest BCUT2D eigenvalue weighted by atomic mass is 10.1. The molecule has 2 N–H and O–H groups in total. The van der Waals surface area contributed by atoms with Gasteiger partial charge in [-0.05, 0) is 35.1 Å². The molecule has 0 saturated heterocycles. The molecular weight excluding hydrogens is 332 g/mol. The summed E-state index contributed by atoms with van der Waals surface area (Å²) in [4.78, 5) is 11.8. The van der Waals surface area contributed by atoms with E-state index in [0.29, 0.717) is 18.2 Å². The van der Waals surface area contributed by atoms with Crippen molar-refractivity contribution in [1.82, 2.24) is 5.32 Å². The molecule has 0 aliphatic carbocycles. The summed E-state index contributed by atoms with van der Waals surface area (Å²) in [5.74, 6) is 0.374. The first-order valence-corrected chi connectivity index (χ1v) is 9.65. The topological polar surface area (TPSA) is 75.3 Å². The number of hydrogen-bond donors (Lipinski definition) is 2. The molecule has 0 bridgehead atoms. The van der Waals surface area contributed by atoms with E-state index < -0.39 is 10.0 Å². The van der Waals surface area contributed by atoms with Crippen LogP contribution in [-0.2, 0) is 21.2 Å². The Kier molecular flexibility index (Phi) is 5.79. The molecule has 23 heavy (non-hydrogen) atoms. The molecule has 1 amide bonds. The minimum Gasteiger partial charge on any atom is -0.356 e. The van der Waals surface area contributed by atoms with Gasteiger partial charge < -0.3 is 5.32 Å². The molecule has 0 saturated carbocycles. The van der Waals surface area contributed by atoms with Gasteiger partial charge in [-0.15, -0.1) is 11.3 Å². The van der Waals surface area contributed by atoms with Crippen LogP contribution < -0.4 is 10.0 Å². The van der Waals surface area contributed by atoms with E-state index in [4.69, 9.17) is 0 Å². The minimum absolute atomic E-state index is 0.0365. The monoisotopic (exact) mass is 352 g/mol. The number of rotatable bonds is 7. The Morgan fingerprint density at radius 3 is 2.43 bits per heavy atom. The zero-order chi connectivity index (χ0) is 16.9. The Bertz CT molecular complexity index is 736. The highest BCUT2D eigenvalue weighted by molar-refractivity contribution is 7.94. The van der Waals surface area contributed by atoms with Crippen molar-refractivity contribution in [3.8, 4) is 0 Å². The van der Waals surface area contributed by atoms with Gasteiger partial charge in [0.15, 0.2) is 0 Å². The molecule has 0 atom stereocenters. The fourth-order valence-corrected chi connectivity index (χ4v) is 3.93. The first kappa shape index (κ1) is 17.5. The van der Waals surface area contributed by atoms with Crippen LogP contribution in [0.15, 0.2) is 46.0 Å². The number of thiophene rings is 1. The van der Waals surface area contributed by atoms with Gasteiger partial charge in [0.05, 0.1) is 6.42 Å². The summed E-state index contributed by atoms with van der Waals surface area (Å²) in [5.41, 5.74) is 1.31. The largest absolute Gasteiger partial charge is 0.356 e. The average Bonchev–Trinajstić information content (AvgIpc) is 3.02. The number of hydrogen-bond acceptors (Lipinski definition) is 4. The lowest BCUT2D eigenvalue weighted by Crippen LogP contribution is -2.28. The highest BCUT2D eigenvalue weighted by Crippen LogP contribution is 2.20. The number of nitrogens with one attached hydrogen (secondary N) is 2. The van der Waals surface area contributed by atoms with Crippen molar-refractivity contribution in [1.29, 1.82) is 0 Å². The number of carbonyl (C=O) groups excluding carboxylic acids is 1. The van der Waals surface area contributed by atoms with Gasteiger partial charge in [-0.25, -0.2) is 8.42 Å². The Labute approximate surface area is 140 Å². The van der Waals surface area contributed by atoms with E-state index >= 15 is 0 Å². The number of amides is 1. The molecule has 1 aromatic carbocycles. The molecule has 0 fully saturated rings. The van der Waals surface area contributed by atoms with Crippen molar-refractivity contribution < 1.29 is 13.2 Å². The molecular formula is C16H20N2O3S2. The van der Waals surface area contributed by atoms with E-state index in [9.17, 15) is 13.2 Å². The van der Waals surface area contributed by atoms with Crippen molar-refractivity contribution >= 4 is 33.0 Å². The van der Waals surface area contributed by atoms with Gasteiger partial charge in [0, 0.05) is 12.2 Å². The maximum absolute atomic E-state index is 12.1. The third-order valence-electron chi connectivity index (χ3n) is 3.04. The zero-order valence-corrected chi connectivity index (χ0v) is 14.7. The van der Waals surface area contributed by atoms with E-state index in [1.54, 1.807) is 41.8 Å². The fraction of sp³-hybridized carbons (Fsp3) is 0.312. The molecule has 7 heteroatoms. The lowest BCUT2D eigenvalue weighted by molar-refractivity contribution is -0.120. The molecule has 2 rings (SSSR count). The average molecular weight is 352 g/mol. The second kappa shape index (κ2) is 7.61. The summed E-state index contributed by atoms with van der Waals surface area (Å²) in [6, 6.07) is 10.1. The predicted octanol–water partition coefficient (Wildman–Crippen LogP) is 2.86. The molecule has 5 nitrogen and oxygen atoms in total. The molecule has 0 spiro atoms. The van der Waals surface area contributed by atoms with Crippen LogP contribution in [0.1, 0.15) is 19.4 Å². The van der Waals surface area contributed by atoms with Crippen LogP contribution in [0.25, 0.3) is 0 Å². The van der Waals surface area contributed by atoms with Crippen LogP contribution in [0, 0.1) is 5.92 Å². The van der Waals surface area contributed by atoms with Crippen molar-refractivity contribution in [3.63, 3.8) is 0 Å². The summed E-state index contributed by atoms with van der Waals surface area (Å²) < 4.78 is 27.0. The third kappa shape index (κ3) is 5.37. The number of anilines is 1. The van der Waals surface area contributed by atoms with E-state index in [1.165, 1.54) is 11.3 Å². The van der Waals surface area contributed by atoms with Crippen LogP contribution in [0.2, 0.25) is 0 Å². The van der Waals surface area contributed by atoms with Gasteiger partial charge in [0.2, 0.25) is 5.91 Å². The molecule has 0 aliphatic rings. The maximum atomic E-state index is 12.1. The maximum Gasteiger partial charge on any atom is 0.271 e. The number of sulfonamides is 1. The molecule has 0 aliphatic heterocycles. The van der Waals surface area contributed by atoms with Gasteiger partial charge in [-0.2, -0.15) is 0 Å². The van der Waals surface area contributed by atoms with Gasteiger partial charge in [0.25, 0.3) is 10.0 Å². The first-order chi connectivity index (χ1) is 10.9. The number of benzene rings is 1. The summed E-state index contributed by atoms with van der Waals surface area (Å²) in [7, 11) is -3.53. The summed E-state index contributed by atoms with van der Waals surface area (Å²) in [6.07, 6.45) is 0.282. The van der Waals surface area contributed by atoms with Crippen LogP contribution in [0.3, 0.4) is 0 Å². The third-order valence-corrected chi connectivity index (χ3v) is 5.82. The molecule has 0 radical (unpaired) electrons. The quantitative estimate of drug-likeness (QED) is 0.804. The number of carbonyl (C=O) groups is 1. The Morgan fingerprint density at radius 1 is 1.17 bits per heavy atom. The first-order valence-electron chi connectivity index (χ1n) is 7.29.